The third-order valence-electron chi connectivity index (χ3n) is 6.64. The molecule has 1 aromatic rings. The fourth-order valence-electron chi connectivity index (χ4n) is 4.40. The molecule has 1 fully saturated rings. The molecule has 0 bridgehead atoms. The quantitative estimate of drug-likeness (QED) is 0.264. The Labute approximate surface area is 223 Å². The molecule has 1 aliphatic rings. The summed E-state index contributed by atoms with van der Waals surface area (Å²) in [6.07, 6.45) is 16.3. The maximum absolute atomic E-state index is 11.8. The number of hydrogen-bond acceptors (Lipinski definition) is 7. The van der Waals surface area contributed by atoms with Gasteiger partial charge in [0, 0.05) is 48.8 Å². The monoisotopic (exact) mass is 528 g/mol. The van der Waals surface area contributed by atoms with Crippen LogP contribution in [0.25, 0.3) is 0 Å². The van der Waals surface area contributed by atoms with Crippen LogP contribution in [0.2, 0.25) is 0 Å². The molecule has 204 valence electrons. The van der Waals surface area contributed by atoms with Gasteiger partial charge in [0.1, 0.15) is 9.84 Å². The lowest BCUT2D eigenvalue weighted by Crippen LogP contribution is -2.34. The third kappa shape index (κ3) is 9.27. The summed E-state index contributed by atoms with van der Waals surface area (Å²) < 4.78 is 29.0. The lowest BCUT2D eigenvalue weighted by Gasteiger charge is -2.34. The van der Waals surface area contributed by atoms with Crippen molar-refractivity contribution in [3.63, 3.8) is 0 Å². The molecule has 1 saturated heterocycles. The topological polar surface area (TPSA) is 121 Å². The number of allylic oxidation sites excluding steroid dienone is 6. The second-order valence-electron chi connectivity index (χ2n) is 9.64. The van der Waals surface area contributed by atoms with Gasteiger partial charge in [0.15, 0.2) is 0 Å². The molecule has 1 aromatic heterocycles. The largest absolute Gasteiger partial charge is 0.397 e. The summed E-state index contributed by atoms with van der Waals surface area (Å²) in [5.41, 5.74) is 17.6. The van der Waals surface area contributed by atoms with E-state index >= 15 is 0 Å². The number of pyridine rings is 1. The fourth-order valence-corrected chi connectivity index (χ4v) is 5.08. The minimum absolute atomic E-state index is 0.0393. The van der Waals surface area contributed by atoms with E-state index in [1.54, 1.807) is 7.05 Å². The summed E-state index contributed by atoms with van der Waals surface area (Å²) in [4.78, 5) is 9.09. The van der Waals surface area contributed by atoms with Crippen molar-refractivity contribution in [2.24, 2.45) is 22.4 Å². The van der Waals surface area contributed by atoms with Crippen LogP contribution < -0.4 is 11.5 Å². The van der Waals surface area contributed by atoms with E-state index in [4.69, 9.17) is 21.2 Å². The van der Waals surface area contributed by atoms with Crippen molar-refractivity contribution >= 4 is 16.1 Å². The van der Waals surface area contributed by atoms with Gasteiger partial charge < -0.3 is 16.2 Å². The van der Waals surface area contributed by atoms with E-state index in [1.807, 2.05) is 43.6 Å². The highest BCUT2D eigenvalue weighted by Crippen LogP contribution is 2.34. The van der Waals surface area contributed by atoms with E-state index in [9.17, 15) is 8.42 Å². The van der Waals surface area contributed by atoms with Crippen molar-refractivity contribution in [1.29, 1.82) is 0 Å². The number of ether oxygens (including phenoxy) is 1. The molecule has 0 amide bonds. The van der Waals surface area contributed by atoms with Gasteiger partial charge >= 0.3 is 0 Å². The average Bonchev–Trinajstić information content (AvgIpc) is 2.84. The standard InChI is InChI=1S/C29H44N4O3S/c1-6-9-11-27(30)29(31)26(10-7-2)23(17-32-4)16-21(8-3)28-13-12-22(18-33-28)25(24-19-36-20-24)14-15-37(5,34)35/h7,10-13,16-18,21,24-25H,6,8-9,14-15,19-20,30-31H2,1-5H3/b10-7-,23-16+,27-11-,29-26-,32-17?. The lowest BCUT2D eigenvalue weighted by atomic mass is 9.83. The Morgan fingerprint density at radius 1 is 1.27 bits per heavy atom. The highest BCUT2D eigenvalue weighted by Gasteiger charge is 2.30. The Morgan fingerprint density at radius 3 is 2.49 bits per heavy atom. The van der Waals surface area contributed by atoms with Gasteiger partial charge in [0.05, 0.1) is 30.4 Å². The van der Waals surface area contributed by atoms with Crippen LogP contribution in [0.3, 0.4) is 0 Å². The van der Waals surface area contributed by atoms with Crippen molar-refractivity contribution in [3.8, 4) is 0 Å². The van der Waals surface area contributed by atoms with Gasteiger partial charge in [0.25, 0.3) is 0 Å². The maximum Gasteiger partial charge on any atom is 0.147 e. The Morgan fingerprint density at radius 2 is 2.00 bits per heavy atom. The maximum atomic E-state index is 11.8. The van der Waals surface area contributed by atoms with Crippen LogP contribution in [0, 0.1) is 5.92 Å². The summed E-state index contributed by atoms with van der Waals surface area (Å²) in [5, 5.41) is 0. The van der Waals surface area contributed by atoms with Gasteiger partial charge in [-0.2, -0.15) is 0 Å². The number of aliphatic imine (C=N–C) groups is 1. The first-order valence-corrected chi connectivity index (χ1v) is 15.1. The second kappa shape index (κ2) is 14.9. The van der Waals surface area contributed by atoms with Crippen LogP contribution in [-0.4, -0.2) is 51.9 Å². The van der Waals surface area contributed by atoms with Gasteiger partial charge in [-0.1, -0.05) is 50.6 Å². The summed E-state index contributed by atoms with van der Waals surface area (Å²) in [6, 6.07) is 4.13. The van der Waals surface area contributed by atoms with Gasteiger partial charge in [-0.15, -0.1) is 0 Å². The van der Waals surface area contributed by atoms with Gasteiger partial charge in [-0.05, 0) is 49.3 Å². The predicted octanol–water partition coefficient (Wildman–Crippen LogP) is 4.80. The van der Waals surface area contributed by atoms with Gasteiger partial charge in [-0.3, -0.25) is 9.98 Å². The van der Waals surface area contributed by atoms with E-state index < -0.39 is 9.84 Å². The Hall–Kier alpha value is -2.71. The number of nitrogens with two attached hydrogens (primary N) is 2. The molecule has 7 nitrogen and oxygen atoms in total. The van der Waals surface area contributed by atoms with Crippen LogP contribution in [-0.2, 0) is 14.6 Å². The summed E-state index contributed by atoms with van der Waals surface area (Å²) >= 11 is 0. The number of hydrogen-bond donors (Lipinski definition) is 2. The number of unbranched alkanes of at least 4 members (excludes halogenated alkanes) is 1. The lowest BCUT2D eigenvalue weighted by molar-refractivity contribution is -0.0455. The number of nitrogens with zero attached hydrogens (tertiary/aromatic N) is 2. The minimum atomic E-state index is -3.04. The first kappa shape index (κ1) is 30.5. The van der Waals surface area contributed by atoms with Crippen LogP contribution in [0.1, 0.15) is 69.5 Å². The summed E-state index contributed by atoms with van der Waals surface area (Å²) in [7, 11) is -1.30. The van der Waals surface area contributed by atoms with E-state index in [0.717, 1.165) is 41.7 Å². The molecule has 0 radical (unpaired) electrons. The van der Waals surface area contributed by atoms with Crippen LogP contribution >= 0.6 is 0 Å². The van der Waals surface area contributed by atoms with Crippen molar-refractivity contribution in [3.05, 3.63) is 76.4 Å². The van der Waals surface area contributed by atoms with Crippen LogP contribution in [0.4, 0.5) is 0 Å². The third-order valence-corrected chi connectivity index (χ3v) is 7.61. The van der Waals surface area contributed by atoms with E-state index in [0.29, 0.717) is 36.9 Å². The number of rotatable bonds is 14. The van der Waals surface area contributed by atoms with E-state index in [2.05, 4.69) is 31.0 Å². The molecular formula is C29H44N4O3S. The highest BCUT2D eigenvalue weighted by molar-refractivity contribution is 7.90. The molecule has 0 saturated carbocycles. The highest BCUT2D eigenvalue weighted by atomic mass is 32.2. The molecule has 37 heavy (non-hydrogen) atoms. The van der Waals surface area contributed by atoms with Gasteiger partial charge in [0.2, 0.25) is 0 Å². The zero-order chi connectivity index (χ0) is 27.4. The van der Waals surface area contributed by atoms with Gasteiger partial charge in [-0.25, -0.2) is 8.42 Å². The van der Waals surface area contributed by atoms with E-state index in [1.165, 1.54) is 6.26 Å². The minimum Gasteiger partial charge on any atom is -0.397 e. The van der Waals surface area contributed by atoms with Crippen LogP contribution in [0.15, 0.2) is 70.2 Å². The van der Waals surface area contributed by atoms with E-state index in [-0.39, 0.29) is 17.6 Å². The molecule has 0 spiro atoms. The molecule has 2 heterocycles. The van der Waals surface area contributed by atoms with Crippen LogP contribution in [0.5, 0.6) is 0 Å². The Bertz CT molecular complexity index is 1130. The zero-order valence-electron chi connectivity index (χ0n) is 23.0. The molecule has 2 unspecified atom stereocenters. The summed E-state index contributed by atoms with van der Waals surface area (Å²) in [6.45, 7) is 7.49. The summed E-state index contributed by atoms with van der Waals surface area (Å²) in [5.74, 6) is 0.641. The normalized spacial score (nSPS) is 18.2. The zero-order valence-corrected chi connectivity index (χ0v) is 23.8. The average molecular weight is 529 g/mol. The molecule has 0 aromatic carbocycles. The first-order chi connectivity index (χ1) is 17.6. The molecule has 0 aliphatic carbocycles. The number of aromatic nitrogens is 1. The smallest absolute Gasteiger partial charge is 0.147 e. The van der Waals surface area contributed by atoms with Crippen molar-refractivity contribution in [1.82, 2.24) is 4.98 Å². The number of sulfone groups is 1. The van der Waals surface area contributed by atoms with Crippen molar-refractivity contribution < 1.29 is 13.2 Å². The molecule has 8 heteroatoms. The fraction of sp³-hybridized carbons (Fsp3) is 0.517. The molecule has 1 aliphatic heterocycles. The SMILES string of the molecule is C\C=C/C(C(/C=NC)=C/C(CC)c1ccc(C(CCS(C)(=O)=O)C2COC2)cn1)=C(N)\C(N)=C\CCC. The predicted molar refractivity (Wildman–Crippen MR) is 154 cm³/mol. The molecular weight excluding hydrogens is 484 g/mol. The molecule has 2 atom stereocenters. The van der Waals surface area contributed by atoms with Crippen molar-refractivity contribution in [2.75, 3.05) is 32.3 Å². The second-order valence-corrected chi connectivity index (χ2v) is 11.9. The molecule has 2 rings (SSSR count). The molecule has 4 N–H and O–H groups in total. The Balaban J connectivity index is 2.42. The Kier molecular flexibility index (Phi) is 12.3. The van der Waals surface area contributed by atoms with Crippen molar-refractivity contribution in [2.45, 2.75) is 58.3 Å². The first-order valence-electron chi connectivity index (χ1n) is 13.1.